The molecule has 0 N–H and O–H groups in total. The van der Waals surface area contributed by atoms with Gasteiger partial charge in [-0.25, -0.2) is 4.79 Å². The first-order chi connectivity index (χ1) is 11.3. The number of ketones is 1. The van der Waals surface area contributed by atoms with Gasteiger partial charge in [0.05, 0.1) is 6.61 Å². The number of carbonyl (C=O) groups is 2. The van der Waals surface area contributed by atoms with E-state index in [0.717, 1.165) is 12.8 Å². The lowest BCUT2D eigenvalue weighted by Gasteiger charge is -2.34. The predicted octanol–water partition coefficient (Wildman–Crippen LogP) is 2.93. The van der Waals surface area contributed by atoms with Gasteiger partial charge < -0.3 is 14.4 Å². The second-order valence-electron chi connectivity index (χ2n) is 7.09. The van der Waals surface area contributed by atoms with Crippen LogP contribution in [0.2, 0.25) is 0 Å². The van der Waals surface area contributed by atoms with Crippen LogP contribution in [-0.2, 0) is 9.47 Å². The fraction of sp³-hybridized carbons (Fsp3) is 0.611. The summed E-state index contributed by atoms with van der Waals surface area (Å²) in [6, 6.07) is 5.22. The number of hydrogen-bond donors (Lipinski definition) is 0. The zero-order valence-corrected chi connectivity index (χ0v) is 14.7. The summed E-state index contributed by atoms with van der Waals surface area (Å²) in [4.78, 5) is 29.8. The monoisotopic (exact) mass is 334 g/mol. The first-order valence-corrected chi connectivity index (χ1v) is 8.35. The maximum atomic E-state index is 12.1. The zero-order chi connectivity index (χ0) is 17.6. The number of aromatic nitrogens is 1. The molecule has 0 aliphatic carbocycles. The normalized spacial score (nSPS) is 18.3. The molecule has 1 amide bonds. The van der Waals surface area contributed by atoms with Crippen molar-refractivity contribution >= 4 is 11.9 Å². The van der Waals surface area contributed by atoms with Gasteiger partial charge in [0.15, 0.2) is 0 Å². The number of amides is 1. The van der Waals surface area contributed by atoms with E-state index < -0.39 is 5.60 Å². The molecule has 1 unspecified atom stereocenters. The summed E-state index contributed by atoms with van der Waals surface area (Å²) in [6.45, 7) is 7.36. The number of nitrogens with zero attached hydrogens (tertiary/aromatic N) is 2. The number of carbonyl (C=O) groups excluding carboxylic acids is 2. The van der Waals surface area contributed by atoms with Crippen molar-refractivity contribution in [2.75, 3.05) is 26.3 Å². The number of Topliss-reactive ketones (excluding diaryl/α,β-unsaturated/α-hetero) is 1. The fourth-order valence-electron chi connectivity index (χ4n) is 2.61. The Kier molecular flexibility index (Phi) is 6.31. The van der Waals surface area contributed by atoms with Crippen LogP contribution >= 0.6 is 0 Å². The zero-order valence-electron chi connectivity index (χ0n) is 14.7. The Hall–Kier alpha value is -1.95. The van der Waals surface area contributed by atoms with Crippen molar-refractivity contribution in [3.8, 4) is 0 Å². The van der Waals surface area contributed by atoms with Gasteiger partial charge in [0.2, 0.25) is 5.78 Å². The predicted molar refractivity (Wildman–Crippen MR) is 89.9 cm³/mol. The van der Waals surface area contributed by atoms with Crippen LogP contribution in [0.1, 0.15) is 44.1 Å². The van der Waals surface area contributed by atoms with Gasteiger partial charge in [0.1, 0.15) is 17.9 Å². The third-order valence-electron chi connectivity index (χ3n) is 3.71. The summed E-state index contributed by atoms with van der Waals surface area (Å²) in [5.74, 6) is 0.0956. The van der Waals surface area contributed by atoms with Crippen molar-refractivity contribution in [2.45, 2.75) is 39.2 Å². The van der Waals surface area contributed by atoms with E-state index in [9.17, 15) is 9.59 Å². The summed E-state index contributed by atoms with van der Waals surface area (Å²) in [7, 11) is 0. The van der Waals surface area contributed by atoms with Gasteiger partial charge in [-0.1, -0.05) is 6.07 Å². The SMILES string of the molecule is CC(C)(C)OC(=O)N1CCCC(COCC(=O)c2ccccn2)C1. The molecule has 0 saturated carbocycles. The highest BCUT2D eigenvalue weighted by Crippen LogP contribution is 2.19. The molecule has 1 saturated heterocycles. The Morgan fingerprint density at radius 3 is 2.79 bits per heavy atom. The highest BCUT2D eigenvalue weighted by Gasteiger charge is 2.27. The number of pyridine rings is 1. The maximum absolute atomic E-state index is 12.1. The van der Waals surface area contributed by atoms with E-state index in [4.69, 9.17) is 9.47 Å². The Labute approximate surface area is 143 Å². The molecule has 2 rings (SSSR count). The van der Waals surface area contributed by atoms with E-state index >= 15 is 0 Å². The average molecular weight is 334 g/mol. The van der Waals surface area contributed by atoms with Crippen molar-refractivity contribution in [3.05, 3.63) is 30.1 Å². The Morgan fingerprint density at radius 2 is 2.12 bits per heavy atom. The van der Waals surface area contributed by atoms with Crippen LogP contribution in [0, 0.1) is 5.92 Å². The summed E-state index contributed by atoms with van der Waals surface area (Å²) in [6.07, 6.45) is 3.21. The molecule has 1 atom stereocenters. The number of rotatable bonds is 5. The quantitative estimate of drug-likeness (QED) is 0.775. The summed E-state index contributed by atoms with van der Waals surface area (Å²) in [5, 5.41) is 0. The number of piperidine rings is 1. The molecule has 6 nitrogen and oxygen atoms in total. The maximum Gasteiger partial charge on any atom is 0.410 e. The lowest BCUT2D eigenvalue weighted by molar-refractivity contribution is 0.00784. The largest absolute Gasteiger partial charge is 0.444 e. The van der Waals surface area contributed by atoms with Crippen molar-refractivity contribution < 1.29 is 19.1 Å². The highest BCUT2D eigenvalue weighted by atomic mass is 16.6. The minimum atomic E-state index is -0.490. The van der Waals surface area contributed by atoms with Gasteiger partial charge in [0.25, 0.3) is 0 Å². The van der Waals surface area contributed by atoms with Crippen LogP contribution in [0.25, 0.3) is 0 Å². The Balaban J connectivity index is 1.75. The van der Waals surface area contributed by atoms with Crippen LogP contribution in [0.5, 0.6) is 0 Å². The molecule has 0 bridgehead atoms. The molecule has 1 aliphatic rings. The molecule has 1 aliphatic heterocycles. The second-order valence-corrected chi connectivity index (χ2v) is 7.09. The molecule has 1 fully saturated rings. The van der Waals surface area contributed by atoms with Crippen LogP contribution in [0.3, 0.4) is 0 Å². The first kappa shape index (κ1) is 18.4. The Bertz CT molecular complexity index is 554. The molecule has 132 valence electrons. The van der Waals surface area contributed by atoms with E-state index in [2.05, 4.69) is 4.98 Å². The molecule has 24 heavy (non-hydrogen) atoms. The van der Waals surface area contributed by atoms with Crippen molar-refractivity contribution in [2.24, 2.45) is 5.92 Å². The lowest BCUT2D eigenvalue weighted by atomic mass is 9.99. The molecule has 2 heterocycles. The molecule has 6 heteroatoms. The van der Waals surface area contributed by atoms with Gasteiger partial charge in [-0.3, -0.25) is 9.78 Å². The summed E-state index contributed by atoms with van der Waals surface area (Å²) >= 11 is 0. The van der Waals surface area contributed by atoms with E-state index in [-0.39, 0.29) is 24.4 Å². The second kappa shape index (κ2) is 8.24. The molecule has 0 radical (unpaired) electrons. The number of ether oxygens (including phenoxy) is 2. The van der Waals surface area contributed by atoms with Crippen molar-refractivity contribution in [3.63, 3.8) is 0 Å². The molecule has 1 aromatic rings. The van der Waals surface area contributed by atoms with E-state index in [1.165, 1.54) is 0 Å². The van der Waals surface area contributed by atoms with Crippen LogP contribution in [0.4, 0.5) is 4.79 Å². The van der Waals surface area contributed by atoms with E-state index in [1.807, 2.05) is 20.8 Å². The summed E-state index contributed by atoms with van der Waals surface area (Å²) < 4.78 is 11.0. The van der Waals surface area contributed by atoms with Crippen LogP contribution in [0.15, 0.2) is 24.4 Å². The summed E-state index contributed by atoms with van der Waals surface area (Å²) in [5.41, 5.74) is -0.0770. The van der Waals surface area contributed by atoms with Crippen molar-refractivity contribution in [1.29, 1.82) is 0 Å². The topological polar surface area (TPSA) is 68.7 Å². The smallest absolute Gasteiger partial charge is 0.410 e. The van der Waals surface area contributed by atoms with Gasteiger partial charge in [-0.2, -0.15) is 0 Å². The molecular formula is C18H26N2O4. The van der Waals surface area contributed by atoms with Crippen LogP contribution in [-0.4, -0.2) is 53.7 Å². The minimum absolute atomic E-state index is 0.0138. The molecule has 0 spiro atoms. The third kappa shape index (κ3) is 5.92. The van der Waals surface area contributed by atoms with E-state index in [0.29, 0.717) is 25.4 Å². The van der Waals surface area contributed by atoms with Gasteiger partial charge in [-0.05, 0) is 45.7 Å². The van der Waals surface area contributed by atoms with Gasteiger partial charge >= 0.3 is 6.09 Å². The van der Waals surface area contributed by atoms with Gasteiger partial charge in [-0.15, -0.1) is 0 Å². The minimum Gasteiger partial charge on any atom is -0.444 e. The molecule has 1 aromatic heterocycles. The molecular weight excluding hydrogens is 308 g/mol. The third-order valence-corrected chi connectivity index (χ3v) is 3.71. The lowest BCUT2D eigenvalue weighted by Crippen LogP contribution is -2.43. The van der Waals surface area contributed by atoms with Crippen molar-refractivity contribution in [1.82, 2.24) is 9.88 Å². The highest BCUT2D eigenvalue weighted by molar-refractivity contribution is 5.95. The Morgan fingerprint density at radius 1 is 1.33 bits per heavy atom. The van der Waals surface area contributed by atoms with E-state index in [1.54, 1.807) is 29.3 Å². The van der Waals surface area contributed by atoms with Gasteiger partial charge in [0, 0.05) is 25.2 Å². The molecule has 0 aromatic carbocycles. The fourth-order valence-corrected chi connectivity index (χ4v) is 2.61. The number of likely N-dealkylation sites (tertiary alicyclic amines) is 1. The first-order valence-electron chi connectivity index (χ1n) is 8.35. The standard InChI is InChI=1S/C18H26N2O4/c1-18(2,3)24-17(22)20-10-6-7-14(11-20)12-23-13-16(21)15-8-4-5-9-19-15/h4-5,8-9,14H,6-7,10-13H2,1-3H3. The number of hydrogen-bond acceptors (Lipinski definition) is 5. The van der Waals surface area contributed by atoms with Crippen LogP contribution < -0.4 is 0 Å². The average Bonchev–Trinajstić information content (AvgIpc) is 2.54.